The number of aromatic nitrogens is 3. The maximum atomic E-state index is 5.38. The molecule has 7 aromatic carbocycles. The molecule has 0 unspecified atom stereocenters. The molecule has 0 fully saturated rings. The van der Waals surface area contributed by atoms with Crippen molar-refractivity contribution in [3.8, 4) is 67.3 Å². The van der Waals surface area contributed by atoms with E-state index in [4.69, 9.17) is 9.97 Å². The Morgan fingerprint density at radius 1 is 0.368 bits per heavy atom. The van der Waals surface area contributed by atoms with Gasteiger partial charge in [-0.25, -0.2) is 9.97 Å². The van der Waals surface area contributed by atoms with Crippen molar-refractivity contribution in [2.75, 3.05) is 0 Å². The molecule has 0 bridgehead atoms. The van der Waals surface area contributed by atoms with E-state index in [-0.39, 0.29) is 0 Å². The van der Waals surface area contributed by atoms with Crippen LogP contribution in [0, 0.1) is 6.92 Å². The molecule has 0 saturated carbocycles. The molecule has 0 aliphatic carbocycles. The molecule has 5 heteroatoms. The standard InChI is InChI=1S/C52H33N3S2/c1-32-11-2-3-13-39(32)52-54-46(30-47(55-52)41-15-5-4-14-40(41)35-12-10-24-53-31-35)38-26-36(33-20-22-50-44(28-33)42-16-6-8-18-48(42)56-50)25-37(27-38)34-21-23-51-45(29-34)43-17-7-9-19-49(43)57-51/h2-31H,1H3. The second kappa shape index (κ2) is 13.7. The van der Waals surface area contributed by atoms with Crippen molar-refractivity contribution in [3.05, 3.63) is 188 Å². The molecule has 11 rings (SSSR count). The lowest BCUT2D eigenvalue weighted by Gasteiger charge is -2.15. The first-order valence-electron chi connectivity index (χ1n) is 19.1. The number of benzene rings is 7. The Bertz CT molecular complexity index is 3190. The first-order valence-corrected chi connectivity index (χ1v) is 20.7. The summed E-state index contributed by atoms with van der Waals surface area (Å²) in [6, 6.07) is 61.3. The predicted molar refractivity (Wildman–Crippen MR) is 243 cm³/mol. The molecule has 4 heterocycles. The van der Waals surface area contributed by atoms with Crippen LogP contribution in [-0.2, 0) is 0 Å². The van der Waals surface area contributed by atoms with Crippen molar-refractivity contribution in [2.45, 2.75) is 6.92 Å². The number of hydrogen-bond donors (Lipinski definition) is 0. The maximum Gasteiger partial charge on any atom is 0.160 e. The van der Waals surface area contributed by atoms with Crippen LogP contribution in [0.1, 0.15) is 5.56 Å². The lowest BCUT2D eigenvalue weighted by Crippen LogP contribution is -1.98. The summed E-state index contributed by atoms with van der Waals surface area (Å²) in [6.07, 6.45) is 3.73. The van der Waals surface area contributed by atoms with Gasteiger partial charge in [0.05, 0.1) is 11.4 Å². The van der Waals surface area contributed by atoms with E-state index in [2.05, 4.69) is 176 Å². The number of nitrogens with zero attached hydrogens (tertiary/aromatic N) is 3. The van der Waals surface area contributed by atoms with Gasteiger partial charge in [0.2, 0.25) is 0 Å². The molecule has 0 aliphatic heterocycles. The molecule has 57 heavy (non-hydrogen) atoms. The first kappa shape index (κ1) is 33.5. The van der Waals surface area contributed by atoms with E-state index >= 15 is 0 Å². The lowest BCUT2D eigenvalue weighted by atomic mass is 9.93. The highest BCUT2D eigenvalue weighted by Crippen LogP contribution is 2.42. The smallest absolute Gasteiger partial charge is 0.160 e. The van der Waals surface area contributed by atoms with E-state index in [9.17, 15) is 0 Å². The Morgan fingerprint density at radius 3 is 1.54 bits per heavy atom. The van der Waals surface area contributed by atoms with Crippen molar-refractivity contribution in [3.63, 3.8) is 0 Å². The molecule has 4 aromatic heterocycles. The number of aryl methyl sites for hydroxylation is 1. The minimum Gasteiger partial charge on any atom is -0.264 e. The molecule has 0 amide bonds. The van der Waals surface area contributed by atoms with Gasteiger partial charge in [0.1, 0.15) is 0 Å². The number of hydrogen-bond acceptors (Lipinski definition) is 5. The normalized spacial score (nSPS) is 11.6. The topological polar surface area (TPSA) is 38.7 Å². The average molecular weight is 764 g/mol. The van der Waals surface area contributed by atoms with Gasteiger partial charge in [-0.15, -0.1) is 22.7 Å². The zero-order chi connectivity index (χ0) is 37.9. The molecule has 3 nitrogen and oxygen atoms in total. The molecule has 0 N–H and O–H groups in total. The summed E-state index contributed by atoms with van der Waals surface area (Å²) in [6.45, 7) is 2.13. The van der Waals surface area contributed by atoms with Crippen LogP contribution >= 0.6 is 22.7 Å². The van der Waals surface area contributed by atoms with Gasteiger partial charge in [0.25, 0.3) is 0 Å². The zero-order valence-corrected chi connectivity index (χ0v) is 32.6. The van der Waals surface area contributed by atoms with Crippen LogP contribution in [-0.4, -0.2) is 15.0 Å². The van der Waals surface area contributed by atoms with Gasteiger partial charge in [0, 0.05) is 75.0 Å². The summed E-state index contributed by atoms with van der Waals surface area (Å²) < 4.78 is 5.20. The quantitative estimate of drug-likeness (QED) is 0.169. The summed E-state index contributed by atoms with van der Waals surface area (Å²) in [5.74, 6) is 0.700. The van der Waals surface area contributed by atoms with Crippen LogP contribution in [0.5, 0.6) is 0 Å². The summed E-state index contributed by atoms with van der Waals surface area (Å²) in [4.78, 5) is 15.1. The number of pyridine rings is 1. The van der Waals surface area contributed by atoms with Crippen molar-refractivity contribution in [1.29, 1.82) is 0 Å². The molecule has 0 aliphatic rings. The van der Waals surface area contributed by atoms with E-state index in [0.717, 1.165) is 55.9 Å². The molecule has 268 valence electrons. The highest BCUT2D eigenvalue weighted by molar-refractivity contribution is 7.26. The van der Waals surface area contributed by atoms with Crippen LogP contribution in [0.3, 0.4) is 0 Å². The molecule has 0 saturated heterocycles. The third-order valence-electron chi connectivity index (χ3n) is 10.9. The molecular formula is C52H33N3S2. The fourth-order valence-corrected chi connectivity index (χ4v) is 10.3. The van der Waals surface area contributed by atoms with Gasteiger partial charge in [-0.05, 0) is 107 Å². The Kier molecular flexibility index (Phi) is 8.09. The molecule has 11 aromatic rings. The summed E-state index contributed by atoms with van der Waals surface area (Å²) in [5.41, 5.74) is 12.7. The number of thiophene rings is 2. The summed E-state index contributed by atoms with van der Waals surface area (Å²) in [7, 11) is 0. The fraction of sp³-hybridized carbons (Fsp3) is 0.0192. The van der Waals surface area contributed by atoms with Crippen LogP contribution in [0.2, 0.25) is 0 Å². The minimum absolute atomic E-state index is 0.700. The third-order valence-corrected chi connectivity index (χ3v) is 13.2. The fourth-order valence-electron chi connectivity index (χ4n) is 8.08. The van der Waals surface area contributed by atoms with Crippen LogP contribution in [0.15, 0.2) is 182 Å². The molecule has 0 radical (unpaired) electrons. The largest absolute Gasteiger partial charge is 0.264 e. The lowest BCUT2D eigenvalue weighted by molar-refractivity contribution is 1.17. The van der Waals surface area contributed by atoms with Gasteiger partial charge >= 0.3 is 0 Å². The van der Waals surface area contributed by atoms with Gasteiger partial charge in [-0.3, -0.25) is 4.98 Å². The number of rotatable bonds is 6. The Labute approximate surface area is 338 Å². The van der Waals surface area contributed by atoms with Crippen LogP contribution in [0.4, 0.5) is 0 Å². The second-order valence-electron chi connectivity index (χ2n) is 14.5. The molecular weight excluding hydrogens is 731 g/mol. The minimum atomic E-state index is 0.700. The first-order chi connectivity index (χ1) is 28.1. The van der Waals surface area contributed by atoms with Crippen molar-refractivity contribution >= 4 is 63.0 Å². The van der Waals surface area contributed by atoms with Gasteiger partial charge < -0.3 is 0 Å². The van der Waals surface area contributed by atoms with E-state index in [1.807, 2.05) is 41.1 Å². The van der Waals surface area contributed by atoms with Gasteiger partial charge in [0.15, 0.2) is 5.82 Å². The molecule has 0 atom stereocenters. The summed E-state index contributed by atoms with van der Waals surface area (Å²) in [5, 5.41) is 5.15. The third kappa shape index (κ3) is 6.00. The van der Waals surface area contributed by atoms with Crippen LogP contribution in [0.25, 0.3) is 108 Å². The highest BCUT2D eigenvalue weighted by Gasteiger charge is 2.18. The van der Waals surface area contributed by atoms with E-state index in [0.29, 0.717) is 5.82 Å². The monoisotopic (exact) mass is 763 g/mol. The average Bonchev–Trinajstić information content (AvgIpc) is 3.84. The Morgan fingerprint density at radius 2 is 0.912 bits per heavy atom. The van der Waals surface area contributed by atoms with Gasteiger partial charge in [-0.2, -0.15) is 0 Å². The SMILES string of the molecule is Cc1ccccc1-c1nc(-c2cc(-c3ccc4sc5ccccc5c4c3)cc(-c3ccc4sc5ccccc5c4c3)c2)cc(-c2ccccc2-c2cccnc2)n1. The Hall–Kier alpha value is -6.79. The predicted octanol–water partition coefficient (Wildman–Crippen LogP) is 14.9. The Balaban J connectivity index is 1.16. The maximum absolute atomic E-state index is 5.38. The van der Waals surface area contributed by atoms with Crippen molar-refractivity contribution in [1.82, 2.24) is 15.0 Å². The van der Waals surface area contributed by atoms with Gasteiger partial charge in [-0.1, -0.05) is 103 Å². The molecule has 0 spiro atoms. The zero-order valence-electron chi connectivity index (χ0n) is 31.0. The van der Waals surface area contributed by atoms with E-state index < -0.39 is 0 Å². The summed E-state index contributed by atoms with van der Waals surface area (Å²) >= 11 is 3.70. The van der Waals surface area contributed by atoms with Crippen molar-refractivity contribution < 1.29 is 0 Å². The van der Waals surface area contributed by atoms with E-state index in [1.54, 1.807) is 0 Å². The highest BCUT2D eigenvalue weighted by atomic mass is 32.1. The second-order valence-corrected chi connectivity index (χ2v) is 16.6. The van der Waals surface area contributed by atoms with Crippen molar-refractivity contribution in [2.24, 2.45) is 0 Å². The van der Waals surface area contributed by atoms with E-state index in [1.165, 1.54) is 51.5 Å². The van der Waals surface area contributed by atoms with Crippen LogP contribution < -0.4 is 0 Å². The number of fused-ring (bicyclic) bond motifs is 6.